The largest absolute Gasteiger partial charge is 0.372 e. The van der Waals surface area contributed by atoms with Crippen molar-refractivity contribution in [2.75, 3.05) is 13.1 Å². The zero-order valence-corrected chi connectivity index (χ0v) is 22.2. The SMILES string of the molecule is Cc1nnc2n1-c1sc3c(c1C(c1ccccc1Cl)=NC21CC1)C[C@H](C(=O)N1C[C@@H](C)O[C@@H](C)C1)C3. The van der Waals surface area contributed by atoms with Crippen molar-refractivity contribution in [3.05, 3.63) is 62.5 Å². The number of hydrogen-bond donors (Lipinski definition) is 0. The molecule has 1 saturated heterocycles. The van der Waals surface area contributed by atoms with Gasteiger partial charge in [0.25, 0.3) is 0 Å². The highest BCUT2D eigenvalue weighted by atomic mass is 35.5. The first-order chi connectivity index (χ1) is 17.3. The van der Waals surface area contributed by atoms with Crippen molar-refractivity contribution in [1.29, 1.82) is 0 Å². The van der Waals surface area contributed by atoms with E-state index >= 15 is 0 Å². The highest BCUT2D eigenvalue weighted by molar-refractivity contribution is 7.15. The van der Waals surface area contributed by atoms with Crippen LogP contribution in [0.4, 0.5) is 0 Å². The maximum Gasteiger partial charge on any atom is 0.226 e. The van der Waals surface area contributed by atoms with Crippen LogP contribution in [0, 0.1) is 12.8 Å². The van der Waals surface area contributed by atoms with Crippen LogP contribution in [0.1, 0.15) is 59.9 Å². The van der Waals surface area contributed by atoms with Gasteiger partial charge in [0.2, 0.25) is 5.91 Å². The lowest BCUT2D eigenvalue weighted by Gasteiger charge is -2.36. The van der Waals surface area contributed by atoms with E-state index in [1.54, 1.807) is 11.3 Å². The van der Waals surface area contributed by atoms with Crippen LogP contribution in [0.5, 0.6) is 0 Å². The van der Waals surface area contributed by atoms with Crippen LogP contribution in [0.2, 0.25) is 5.02 Å². The van der Waals surface area contributed by atoms with Crippen molar-refractivity contribution in [1.82, 2.24) is 19.7 Å². The molecule has 7 nitrogen and oxygen atoms in total. The molecule has 1 amide bonds. The van der Waals surface area contributed by atoms with E-state index in [1.165, 1.54) is 10.4 Å². The molecular weight excluding hydrogens is 494 g/mol. The maximum absolute atomic E-state index is 13.6. The molecule has 3 aromatic rings. The van der Waals surface area contributed by atoms with Crippen LogP contribution >= 0.6 is 22.9 Å². The Balaban J connectivity index is 1.34. The lowest BCUT2D eigenvalue weighted by atomic mass is 9.97. The molecule has 0 unspecified atom stereocenters. The Morgan fingerprint density at radius 1 is 1.14 bits per heavy atom. The average Bonchev–Trinajstić information content (AvgIpc) is 3.18. The summed E-state index contributed by atoms with van der Waals surface area (Å²) in [5.41, 5.74) is 3.86. The topological polar surface area (TPSA) is 72.6 Å². The van der Waals surface area contributed by atoms with Crippen LogP contribution in [-0.4, -0.2) is 56.6 Å². The fourth-order valence-corrected chi connectivity index (χ4v) is 7.83. The molecule has 1 spiro atoms. The molecule has 2 aliphatic heterocycles. The molecule has 4 aliphatic rings. The second-order valence-corrected chi connectivity index (χ2v) is 12.2. The van der Waals surface area contributed by atoms with Crippen molar-refractivity contribution in [3.63, 3.8) is 0 Å². The van der Waals surface area contributed by atoms with Gasteiger partial charge in [-0.15, -0.1) is 21.5 Å². The molecule has 7 rings (SSSR count). The number of aromatic nitrogens is 3. The molecule has 2 aliphatic carbocycles. The van der Waals surface area contributed by atoms with Gasteiger partial charge in [-0.1, -0.05) is 29.8 Å². The number of nitrogens with zero attached hydrogens (tertiary/aromatic N) is 5. The molecule has 1 saturated carbocycles. The summed E-state index contributed by atoms with van der Waals surface area (Å²) in [5.74, 6) is 1.98. The smallest absolute Gasteiger partial charge is 0.226 e. The molecule has 1 aromatic carbocycles. The molecule has 3 atom stereocenters. The van der Waals surface area contributed by atoms with Crippen molar-refractivity contribution in [3.8, 4) is 5.00 Å². The summed E-state index contributed by atoms with van der Waals surface area (Å²) in [4.78, 5) is 22.3. The van der Waals surface area contributed by atoms with E-state index in [-0.39, 0.29) is 29.6 Å². The second kappa shape index (κ2) is 7.97. The molecule has 2 aromatic heterocycles. The highest BCUT2D eigenvalue weighted by Gasteiger charge is 2.52. The minimum atomic E-state index is -0.352. The number of thiophene rings is 1. The molecule has 4 heterocycles. The van der Waals surface area contributed by atoms with Crippen LogP contribution in [0.15, 0.2) is 29.3 Å². The number of fused-ring (bicyclic) bond motifs is 6. The van der Waals surface area contributed by atoms with Gasteiger partial charge in [0, 0.05) is 40.0 Å². The Morgan fingerprint density at radius 3 is 2.61 bits per heavy atom. The van der Waals surface area contributed by atoms with E-state index in [9.17, 15) is 4.79 Å². The summed E-state index contributed by atoms with van der Waals surface area (Å²) in [7, 11) is 0. The number of rotatable bonds is 2. The van der Waals surface area contributed by atoms with Crippen molar-refractivity contribution in [2.45, 2.75) is 64.2 Å². The first kappa shape index (κ1) is 22.6. The first-order valence-electron chi connectivity index (χ1n) is 12.7. The van der Waals surface area contributed by atoms with E-state index in [0.717, 1.165) is 52.8 Å². The molecule has 2 fully saturated rings. The Hall–Kier alpha value is -2.55. The van der Waals surface area contributed by atoms with Crippen molar-refractivity contribution < 1.29 is 9.53 Å². The van der Waals surface area contributed by atoms with Crippen molar-refractivity contribution in [2.24, 2.45) is 10.9 Å². The summed E-state index contributed by atoms with van der Waals surface area (Å²) in [6, 6.07) is 7.94. The number of hydrogen-bond acceptors (Lipinski definition) is 6. The number of amides is 1. The third-order valence-corrected chi connectivity index (χ3v) is 9.46. The predicted molar refractivity (Wildman–Crippen MR) is 139 cm³/mol. The number of aryl methyl sites for hydroxylation is 1. The van der Waals surface area contributed by atoms with E-state index in [2.05, 4.69) is 20.8 Å². The lowest BCUT2D eigenvalue weighted by Crippen LogP contribution is -2.50. The zero-order valence-electron chi connectivity index (χ0n) is 20.6. The number of carbonyl (C=O) groups is 1. The van der Waals surface area contributed by atoms with E-state index in [4.69, 9.17) is 21.3 Å². The van der Waals surface area contributed by atoms with Gasteiger partial charge in [-0.25, -0.2) is 0 Å². The normalized spacial score (nSPS) is 25.7. The second-order valence-electron chi connectivity index (χ2n) is 10.7. The van der Waals surface area contributed by atoms with Gasteiger partial charge in [0.15, 0.2) is 5.82 Å². The summed E-state index contributed by atoms with van der Waals surface area (Å²) in [6.07, 6.45) is 3.49. The van der Waals surface area contributed by atoms with Gasteiger partial charge in [-0.05, 0) is 58.1 Å². The van der Waals surface area contributed by atoms with Crippen molar-refractivity contribution >= 4 is 34.6 Å². The maximum atomic E-state index is 13.6. The minimum Gasteiger partial charge on any atom is -0.372 e. The average molecular weight is 522 g/mol. The van der Waals surface area contributed by atoms with Crippen LogP contribution in [-0.2, 0) is 27.9 Å². The Morgan fingerprint density at radius 2 is 1.89 bits per heavy atom. The van der Waals surface area contributed by atoms with Crippen LogP contribution in [0.3, 0.4) is 0 Å². The third-order valence-electron chi connectivity index (χ3n) is 7.89. The van der Waals surface area contributed by atoms with Gasteiger partial charge in [0.1, 0.15) is 16.4 Å². The molecule has 0 N–H and O–H groups in total. The van der Waals surface area contributed by atoms with E-state index < -0.39 is 0 Å². The molecular formula is C27H28ClN5O2S. The monoisotopic (exact) mass is 521 g/mol. The predicted octanol–water partition coefficient (Wildman–Crippen LogP) is 4.48. The van der Waals surface area contributed by atoms with Gasteiger partial charge in [-0.3, -0.25) is 14.4 Å². The standard InChI is InChI=1S/C27H28ClN5O2S/c1-14-12-32(13-15(2)35-14)24(34)17-10-19-21(11-17)36-25-22(19)23(18-6-4-5-7-20(18)28)29-27(8-9-27)26-31-30-16(3)33(25)26/h4-7,14-15,17H,8-13H2,1-3H3/t14-,15+,17-/m0/s1. The molecule has 36 heavy (non-hydrogen) atoms. The first-order valence-corrected chi connectivity index (χ1v) is 13.9. The Kier molecular flexibility index (Phi) is 5.01. The number of aliphatic imine (C=N–C) groups is 1. The van der Waals surface area contributed by atoms with Gasteiger partial charge in [-0.2, -0.15) is 0 Å². The summed E-state index contributed by atoms with van der Waals surface area (Å²) in [6.45, 7) is 7.41. The molecule has 186 valence electrons. The molecule has 0 bridgehead atoms. The minimum absolute atomic E-state index is 0.0545. The van der Waals surface area contributed by atoms with E-state index in [0.29, 0.717) is 24.5 Å². The van der Waals surface area contributed by atoms with E-state index in [1.807, 2.05) is 43.9 Å². The summed E-state index contributed by atoms with van der Waals surface area (Å²) in [5, 5.41) is 10.8. The van der Waals surface area contributed by atoms with Crippen LogP contribution in [0.25, 0.3) is 5.00 Å². The summed E-state index contributed by atoms with van der Waals surface area (Å²) >= 11 is 8.51. The number of benzene rings is 1. The fraction of sp³-hybridized carbons (Fsp3) is 0.481. The fourth-order valence-electron chi connectivity index (χ4n) is 6.14. The Labute approximate surface area is 219 Å². The summed E-state index contributed by atoms with van der Waals surface area (Å²) < 4.78 is 8.08. The number of ether oxygens (including phenoxy) is 1. The number of carbonyl (C=O) groups excluding carboxylic acids is 1. The third kappa shape index (κ3) is 3.34. The molecule has 0 radical (unpaired) electrons. The Bertz CT molecular complexity index is 1430. The van der Waals surface area contributed by atoms with Gasteiger partial charge < -0.3 is 9.64 Å². The number of morpholine rings is 1. The van der Waals surface area contributed by atoms with Gasteiger partial charge >= 0.3 is 0 Å². The lowest BCUT2D eigenvalue weighted by molar-refractivity contribution is -0.147. The molecule has 9 heteroatoms. The highest BCUT2D eigenvalue weighted by Crippen LogP contribution is 2.54. The van der Waals surface area contributed by atoms with Crippen LogP contribution < -0.4 is 0 Å². The van der Waals surface area contributed by atoms with Gasteiger partial charge in [0.05, 0.1) is 17.9 Å². The zero-order chi connectivity index (χ0) is 24.8. The number of halogens is 1. The quantitative estimate of drug-likeness (QED) is 0.498.